The zero-order chi connectivity index (χ0) is 21.5. The number of carbonyl (C=O) groups excluding carboxylic acids is 1. The standard InChI is InChI=1S/C24H18FN3O3/c25-16-8-9-19-17(13-16)21(24(30)31)18(22(26-19)15-5-2-1-3-6-15)14-28-12-11-27-10-4-7-20(27)23(28)29/h1-10,13H,11-12,14H2,(H,30,31). The van der Waals surface area contributed by atoms with Crippen LogP contribution in [0.25, 0.3) is 22.2 Å². The monoisotopic (exact) mass is 415 g/mol. The third-order valence-corrected chi connectivity index (χ3v) is 5.60. The first-order chi connectivity index (χ1) is 15.0. The quantitative estimate of drug-likeness (QED) is 0.542. The number of hydrogen-bond donors (Lipinski definition) is 1. The van der Waals surface area contributed by atoms with Crippen molar-refractivity contribution in [1.82, 2.24) is 14.5 Å². The van der Waals surface area contributed by atoms with Crippen LogP contribution >= 0.6 is 0 Å². The van der Waals surface area contributed by atoms with Gasteiger partial charge >= 0.3 is 5.97 Å². The fourth-order valence-corrected chi connectivity index (χ4v) is 4.14. The van der Waals surface area contributed by atoms with Crippen LogP contribution in [0.4, 0.5) is 4.39 Å². The molecule has 3 heterocycles. The second kappa shape index (κ2) is 7.36. The van der Waals surface area contributed by atoms with E-state index in [2.05, 4.69) is 4.98 Å². The van der Waals surface area contributed by atoms with Gasteiger partial charge < -0.3 is 14.6 Å². The van der Waals surface area contributed by atoms with E-state index in [9.17, 15) is 19.1 Å². The summed E-state index contributed by atoms with van der Waals surface area (Å²) in [5, 5.41) is 10.3. The van der Waals surface area contributed by atoms with Crippen molar-refractivity contribution in [3.8, 4) is 11.3 Å². The number of carboxylic acid groups (broad SMARTS) is 1. The molecule has 1 aliphatic rings. The fraction of sp³-hybridized carbons (Fsp3) is 0.125. The zero-order valence-electron chi connectivity index (χ0n) is 16.5. The molecule has 0 bridgehead atoms. The molecular formula is C24H18FN3O3. The summed E-state index contributed by atoms with van der Waals surface area (Å²) in [7, 11) is 0. The first-order valence-corrected chi connectivity index (χ1v) is 9.88. The van der Waals surface area contributed by atoms with Crippen molar-refractivity contribution in [1.29, 1.82) is 0 Å². The molecule has 0 saturated carbocycles. The van der Waals surface area contributed by atoms with Gasteiger partial charge in [-0.1, -0.05) is 30.3 Å². The molecule has 31 heavy (non-hydrogen) atoms. The molecular weight excluding hydrogens is 397 g/mol. The van der Waals surface area contributed by atoms with Gasteiger partial charge in [-0.05, 0) is 30.3 Å². The van der Waals surface area contributed by atoms with Crippen LogP contribution in [0.3, 0.4) is 0 Å². The van der Waals surface area contributed by atoms with E-state index in [0.29, 0.717) is 35.6 Å². The Balaban J connectivity index is 1.72. The largest absolute Gasteiger partial charge is 0.478 e. The second-order valence-electron chi connectivity index (χ2n) is 7.46. The summed E-state index contributed by atoms with van der Waals surface area (Å²) in [5.41, 5.74) is 2.52. The van der Waals surface area contributed by atoms with E-state index >= 15 is 0 Å². The van der Waals surface area contributed by atoms with Crippen molar-refractivity contribution >= 4 is 22.8 Å². The Kier molecular flexibility index (Phi) is 4.51. The number of aromatic nitrogens is 2. The van der Waals surface area contributed by atoms with E-state index in [0.717, 1.165) is 5.56 Å². The van der Waals surface area contributed by atoms with Crippen LogP contribution in [0, 0.1) is 5.82 Å². The van der Waals surface area contributed by atoms with Crippen molar-refractivity contribution in [2.45, 2.75) is 13.1 Å². The van der Waals surface area contributed by atoms with Crippen molar-refractivity contribution in [3.05, 3.63) is 89.5 Å². The molecule has 1 N–H and O–H groups in total. The third-order valence-electron chi connectivity index (χ3n) is 5.60. The van der Waals surface area contributed by atoms with Crippen LogP contribution in [0.15, 0.2) is 66.9 Å². The number of halogens is 1. The summed E-state index contributed by atoms with van der Waals surface area (Å²) < 4.78 is 15.9. The van der Waals surface area contributed by atoms with Crippen LogP contribution in [0.1, 0.15) is 26.4 Å². The normalized spacial score (nSPS) is 13.5. The van der Waals surface area contributed by atoms with E-state index in [1.54, 1.807) is 11.0 Å². The lowest BCUT2D eigenvalue weighted by Crippen LogP contribution is -2.39. The molecule has 0 spiro atoms. The van der Waals surface area contributed by atoms with Gasteiger partial charge in [-0.25, -0.2) is 14.2 Å². The highest BCUT2D eigenvalue weighted by molar-refractivity contribution is 6.06. The SMILES string of the molecule is O=C(O)c1c(CN2CCn3cccc3C2=O)c(-c2ccccc2)nc2ccc(F)cc12. The van der Waals surface area contributed by atoms with Gasteiger partial charge in [-0.15, -0.1) is 0 Å². The Labute approximate surface area is 177 Å². The number of hydrogen-bond acceptors (Lipinski definition) is 3. The van der Waals surface area contributed by atoms with Gasteiger partial charge in [0.05, 0.1) is 16.8 Å². The van der Waals surface area contributed by atoms with Gasteiger partial charge in [0.25, 0.3) is 5.91 Å². The van der Waals surface area contributed by atoms with Gasteiger partial charge in [0.2, 0.25) is 0 Å². The average molecular weight is 415 g/mol. The highest BCUT2D eigenvalue weighted by atomic mass is 19.1. The molecule has 0 fully saturated rings. The summed E-state index contributed by atoms with van der Waals surface area (Å²) in [6.45, 7) is 1.12. The lowest BCUT2D eigenvalue weighted by Gasteiger charge is -2.29. The number of carbonyl (C=O) groups is 2. The highest BCUT2D eigenvalue weighted by Gasteiger charge is 2.28. The number of fused-ring (bicyclic) bond motifs is 2. The molecule has 4 aromatic rings. The van der Waals surface area contributed by atoms with Gasteiger partial charge in [-0.2, -0.15) is 0 Å². The van der Waals surface area contributed by atoms with Gasteiger partial charge in [0.1, 0.15) is 11.5 Å². The van der Waals surface area contributed by atoms with Gasteiger partial charge in [0, 0.05) is 42.3 Å². The average Bonchev–Trinajstić information content (AvgIpc) is 3.25. The molecule has 1 amide bonds. The fourth-order valence-electron chi connectivity index (χ4n) is 4.14. The van der Waals surface area contributed by atoms with Crippen LogP contribution < -0.4 is 0 Å². The lowest BCUT2D eigenvalue weighted by atomic mass is 9.96. The van der Waals surface area contributed by atoms with E-state index in [4.69, 9.17) is 0 Å². The van der Waals surface area contributed by atoms with Gasteiger partial charge in [0.15, 0.2) is 0 Å². The van der Waals surface area contributed by atoms with Crippen LogP contribution in [0.5, 0.6) is 0 Å². The first-order valence-electron chi connectivity index (χ1n) is 9.88. The molecule has 0 saturated heterocycles. The minimum atomic E-state index is -1.18. The highest BCUT2D eigenvalue weighted by Crippen LogP contribution is 2.32. The molecule has 2 aromatic carbocycles. The lowest BCUT2D eigenvalue weighted by molar-refractivity contribution is 0.0665. The van der Waals surface area contributed by atoms with Crippen LogP contribution in [0.2, 0.25) is 0 Å². The molecule has 6 nitrogen and oxygen atoms in total. The minimum Gasteiger partial charge on any atom is -0.478 e. The number of rotatable bonds is 4. The van der Waals surface area contributed by atoms with Gasteiger partial charge in [-0.3, -0.25) is 4.79 Å². The Morgan fingerprint density at radius 2 is 1.87 bits per heavy atom. The summed E-state index contributed by atoms with van der Waals surface area (Å²) >= 11 is 0. The Morgan fingerprint density at radius 1 is 1.06 bits per heavy atom. The number of benzene rings is 2. The number of carboxylic acids is 1. The first kappa shape index (κ1) is 19.0. The molecule has 0 atom stereocenters. The zero-order valence-corrected chi connectivity index (χ0v) is 16.5. The summed E-state index contributed by atoms with van der Waals surface area (Å²) in [4.78, 5) is 31.7. The van der Waals surface area contributed by atoms with Crippen molar-refractivity contribution in [3.63, 3.8) is 0 Å². The van der Waals surface area contributed by atoms with Crippen molar-refractivity contribution < 1.29 is 19.1 Å². The maximum Gasteiger partial charge on any atom is 0.336 e. The third kappa shape index (κ3) is 3.24. The molecule has 2 aromatic heterocycles. The summed E-state index contributed by atoms with van der Waals surface area (Å²) in [6, 6.07) is 16.7. The Hall–Kier alpha value is -4.00. The summed E-state index contributed by atoms with van der Waals surface area (Å²) in [6.07, 6.45) is 1.85. The number of pyridine rings is 1. The number of amides is 1. The molecule has 154 valence electrons. The van der Waals surface area contributed by atoms with Crippen LogP contribution in [-0.2, 0) is 13.1 Å². The van der Waals surface area contributed by atoms with E-state index in [1.165, 1.54) is 18.2 Å². The molecule has 1 aliphatic heterocycles. The molecule has 0 unspecified atom stereocenters. The topological polar surface area (TPSA) is 75.4 Å². The maximum absolute atomic E-state index is 14.0. The molecule has 0 aliphatic carbocycles. The molecule has 0 radical (unpaired) electrons. The molecule has 5 rings (SSSR count). The van der Waals surface area contributed by atoms with Crippen LogP contribution in [-0.4, -0.2) is 38.0 Å². The number of aromatic carboxylic acids is 1. The number of nitrogens with zero attached hydrogens (tertiary/aromatic N) is 3. The Bertz CT molecular complexity index is 1330. The second-order valence-corrected chi connectivity index (χ2v) is 7.46. The van der Waals surface area contributed by atoms with E-state index < -0.39 is 11.8 Å². The van der Waals surface area contributed by atoms with E-state index in [1.807, 2.05) is 47.2 Å². The van der Waals surface area contributed by atoms with Crippen molar-refractivity contribution in [2.75, 3.05) is 6.54 Å². The molecule has 7 heteroatoms. The Morgan fingerprint density at radius 3 is 2.65 bits per heavy atom. The van der Waals surface area contributed by atoms with Crippen molar-refractivity contribution in [2.24, 2.45) is 0 Å². The predicted octanol–water partition coefficient (Wildman–Crippen LogP) is 4.20. The summed E-state index contributed by atoms with van der Waals surface area (Å²) in [5.74, 6) is -1.90. The minimum absolute atomic E-state index is 0.0305. The maximum atomic E-state index is 14.0. The smallest absolute Gasteiger partial charge is 0.336 e. The predicted molar refractivity (Wildman–Crippen MR) is 113 cm³/mol. The van der Waals surface area contributed by atoms with E-state index in [-0.39, 0.29) is 23.4 Å².